The molecular weight excluding hydrogens is 812 g/mol. The number of amides is 3. The van der Waals surface area contributed by atoms with E-state index < -0.39 is 66.6 Å². The van der Waals surface area contributed by atoms with Crippen LogP contribution >= 0.6 is 23.2 Å². The lowest BCUT2D eigenvalue weighted by atomic mass is 10.0. The lowest BCUT2D eigenvalue weighted by molar-refractivity contribution is -0.224. The number of halogens is 5. The van der Waals surface area contributed by atoms with E-state index >= 15 is 0 Å². The molecule has 22 heteroatoms. The Bertz CT molecular complexity index is 2150. The molecule has 0 aliphatic rings. The zero-order chi connectivity index (χ0) is 42.9. The number of rotatable bonds is 17. The van der Waals surface area contributed by atoms with E-state index in [-0.39, 0.29) is 59.2 Å². The predicted octanol–water partition coefficient (Wildman–Crippen LogP) is 4.84. The van der Waals surface area contributed by atoms with Crippen LogP contribution in [-0.2, 0) is 32.2 Å². The number of esters is 1. The van der Waals surface area contributed by atoms with E-state index in [1.807, 2.05) is 0 Å². The molecule has 0 saturated heterocycles. The number of ether oxygens (including phenoxy) is 2. The van der Waals surface area contributed by atoms with Crippen LogP contribution in [-0.4, -0.2) is 88.4 Å². The van der Waals surface area contributed by atoms with Crippen molar-refractivity contribution in [2.45, 2.75) is 97.3 Å². The topological polar surface area (TPSA) is 220 Å². The van der Waals surface area contributed by atoms with Crippen molar-refractivity contribution in [2.24, 2.45) is 11.7 Å². The molecule has 4 N–H and O–H groups in total. The fourth-order valence-corrected chi connectivity index (χ4v) is 5.70. The minimum Gasteiger partial charge on any atom is -0.451 e. The molecule has 1 aromatic carbocycles. The van der Waals surface area contributed by atoms with Crippen LogP contribution in [0.2, 0.25) is 10.0 Å². The molecule has 0 unspecified atom stereocenters. The SMILES string of the molecule is CC(C)[C@H](NC(=O)OC(C)(C)C)C(=O)NCCCCCC(=O)O[C@@H](Cn1c(-c2ccc(Cl)cc2)nn(Cc2nc(C(N)=O)n(-c3ncccc3Cl)n2)c1=O)C(F)(F)F. The number of aromatic nitrogens is 7. The summed E-state index contributed by atoms with van der Waals surface area (Å²) in [6.45, 7) is 7.06. The quantitative estimate of drug-likeness (QED) is 0.0964. The van der Waals surface area contributed by atoms with Crippen LogP contribution in [0.5, 0.6) is 0 Å². The Morgan fingerprint density at radius 1 is 0.983 bits per heavy atom. The Balaban J connectivity index is 1.45. The van der Waals surface area contributed by atoms with Gasteiger partial charge < -0.3 is 25.8 Å². The van der Waals surface area contributed by atoms with Crippen molar-refractivity contribution in [1.82, 2.24) is 44.7 Å². The summed E-state index contributed by atoms with van der Waals surface area (Å²) in [6, 6.07) is 7.90. The average molecular weight is 856 g/mol. The molecule has 314 valence electrons. The first-order valence-electron chi connectivity index (χ1n) is 18.0. The molecule has 0 aliphatic heterocycles. The lowest BCUT2D eigenvalue weighted by Crippen LogP contribution is -2.51. The third-order valence-corrected chi connectivity index (χ3v) is 8.64. The molecule has 3 aromatic heterocycles. The van der Waals surface area contributed by atoms with E-state index in [0.717, 1.165) is 9.36 Å². The number of alkyl carbamates (subject to hydrolysis) is 1. The summed E-state index contributed by atoms with van der Waals surface area (Å²) in [5, 5.41) is 14.1. The molecule has 0 aliphatic carbocycles. The predicted molar refractivity (Wildman–Crippen MR) is 204 cm³/mol. The second kappa shape index (κ2) is 19.3. The number of alkyl halides is 3. The van der Waals surface area contributed by atoms with Crippen molar-refractivity contribution in [1.29, 1.82) is 0 Å². The molecule has 2 atom stereocenters. The van der Waals surface area contributed by atoms with Crippen LogP contribution in [0, 0.1) is 5.92 Å². The van der Waals surface area contributed by atoms with Crippen molar-refractivity contribution in [3.05, 3.63) is 74.8 Å². The van der Waals surface area contributed by atoms with E-state index in [1.54, 1.807) is 34.6 Å². The Labute approximate surface area is 340 Å². The highest BCUT2D eigenvalue weighted by Gasteiger charge is 2.44. The number of pyridine rings is 1. The summed E-state index contributed by atoms with van der Waals surface area (Å²) in [4.78, 5) is 71.7. The summed E-state index contributed by atoms with van der Waals surface area (Å²) in [7, 11) is 0. The van der Waals surface area contributed by atoms with Gasteiger partial charge in [-0.1, -0.05) is 43.5 Å². The Hall–Kier alpha value is -5.50. The molecular formula is C36H43Cl2F3N10O7. The van der Waals surface area contributed by atoms with Crippen LogP contribution in [0.25, 0.3) is 17.2 Å². The number of nitrogens with one attached hydrogen (secondary N) is 2. The monoisotopic (exact) mass is 854 g/mol. The number of nitrogens with two attached hydrogens (primary N) is 1. The summed E-state index contributed by atoms with van der Waals surface area (Å²) >= 11 is 12.2. The van der Waals surface area contributed by atoms with E-state index in [9.17, 15) is 37.1 Å². The van der Waals surface area contributed by atoms with Crippen LogP contribution in [0.3, 0.4) is 0 Å². The number of carbonyl (C=O) groups is 4. The minimum atomic E-state index is -5.10. The maximum absolute atomic E-state index is 14.4. The van der Waals surface area contributed by atoms with E-state index in [2.05, 4.69) is 30.8 Å². The Morgan fingerprint density at radius 3 is 2.28 bits per heavy atom. The molecule has 4 rings (SSSR count). The van der Waals surface area contributed by atoms with Gasteiger partial charge in [0.1, 0.15) is 18.2 Å². The summed E-state index contributed by atoms with van der Waals surface area (Å²) in [5.74, 6) is -3.66. The van der Waals surface area contributed by atoms with Gasteiger partial charge in [-0.2, -0.15) is 17.9 Å². The third kappa shape index (κ3) is 12.5. The summed E-state index contributed by atoms with van der Waals surface area (Å²) in [5.41, 5.74) is 3.89. The molecule has 4 aromatic rings. The van der Waals surface area contributed by atoms with Crippen LogP contribution < -0.4 is 22.1 Å². The number of benzene rings is 1. The minimum absolute atomic E-state index is 0.00233. The van der Waals surface area contributed by atoms with E-state index in [4.69, 9.17) is 38.4 Å². The number of hydrogen-bond acceptors (Lipinski definition) is 11. The fourth-order valence-electron chi connectivity index (χ4n) is 5.37. The van der Waals surface area contributed by atoms with E-state index in [0.29, 0.717) is 22.4 Å². The molecule has 0 saturated carbocycles. The van der Waals surface area contributed by atoms with Gasteiger partial charge in [0, 0.05) is 29.7 Å². The van der Waals surface area contributed by atoms with Crippen molar-refractivity contribution in [3.8, 4) is 17.2 Å². The summed E-state index contributed by atoms with van der Waals surface area (Å²) < 4.78 is 55.8. The van der Waals surface area contributed by atoms with Crippen molar-refractivity contribution in [3.63, 3.8) is 0 Å². The molecule has 0 fully saturated rings. The second-order valence-electron chi connectivity index (χ2n) is 14.3. The second-order valence-corrected chi connectivity index (χ2v) is 15.2. The van der Waals surface area contributed by atoms with Gasteiger partial charge in [0.25, 0.3) is 5.91 Å². The van der Waals surface area contributed by atoms with Gasteiger partial charge in [0.2, 0.25) is 17.8 Å². The van der Waals surface area contributed by atoms with Crippen LogP contribution in [0.15, 0.2) is 47.4 Å². The molecule has 0 radical (unpaired) electrons. The molecule has 58 heavy (non-hydrogen) atoms. The zero-order valence-electron chi connectivity index (χ0n) is 32.2. The molecule has 0 bridgehead atoms. The van der Waals surface area contributed by atoms with Crippen molar-refractivity contribution in [2.75, 3.05) is 6.54 Å². The highest BCUT2D eigenvalue weighted by Crippen LogP contribution is 2.27. The van der Waals surface area contributed by atoms with Gasteiger partial charge in [-0.25, -0.2) is 24.2 Å². The van der Waals surface area contributed by atoms with Gasteiger partial charge in [-0.05, 0) is 75.9 Å². The first-order valence-corrected chi connectivity index (χ1v) is 18.7. The van der Waals surface area contributed by atoms with Crippen LogP contribution in [0.4, 0.5) is 18.0 Å². The Kier molecular flexibility index (Phi) is 15.0. The third-order valence-electron chi connectivity index (χ3n) is 8.09. The van der Waals surface area contributed by atoms with Gasteiger partial charge in [-0.15, -0.1) is 10.2 Å². The van der Waals surface area contributed by atoms with Crippen molar-refractivity contribution < 1.29 is 41.8 Å². The number of primary amides is 1. The standard InChI is InChI=1S/C36H43Cl2F3N10O7/c1-20(2)27(46-33(55)58-35(3,4)5)32(54)44-16-8-6-7-11-26(52)57-24(36(39,40)41)18-49-29(21-12-14-22(37)15-13-21)48-50(34(49)56)19-25-45-31(28(42)53)51(47-25)30-23(38)10-9-17-43-30/h9-10,12-15,17,20,24,27H,6-8,11,16,18-19H2,1-5H3,(H2,42,53)(H,44,54)(H,46,55)/t24-,27-/m0/s1. The first kappa shape index (κ1) is 45.2. The number of hydrogen-bond donors (Lipinski definition) is 3. The molecule has 3 amide bonds. The summed E-state index contributed by atoms with van der Waals surface area (Å²) in [6.07, 6.45) is -6.75. The number of nitrogens with zero attached hydrogens (tertiary/aromatic N) is 7. The average Bonchev–Trinajstić information content (AvgIpc) is 3.68. The number of carbonyl (C=O) groups excluding carboxylic acids is 4. The maximum Gasteiger partial charge on any atom is 0.427 e. The lowest BCUT2D eigenvalue weighted by Gasteiger charge is -2.25. The zero-order valence-corrected chi connectivity index (χ0v) is 33.7. The highest BCUT2D eigenvalue weighted by molar-refractivity contribution is 6.32. The van der Waals surface area contributed by atoms with Gasteiger partial charge in [0.05, 0.1) is 11.6 Å². The smallest absolute Gasteiger partial charge is 0.427 e. The molecule has 17 nitrogen and oxygen atoms in total. The first-order chi connectivity index (χ1) is 27.1. The van der Waals surface area contributed by atoms with Gasteiger partial charge >= 0.3 is 23.9 Å². The van der Waals surface area contributed by atoms with E-state index in [1.165, 1.54) is 42.6 Å². The Morgan fingerprint density at radius 2 is 1.67 bits per heavy atom. The number of unbranched alkanes of at least 4 members (excludes halogenated alkanes) is 2. The normalized spacial score (nSPS) is 12.9. The fraction of sp³-hybridized carbons (Fsp3) is 0.472. The van der Waals surface area contributed by atoms with Gasteiger partial charge in [0.15, 0.2) is 17.5 Å². The molecule has 3 heterocycles. The van der Waals surface area contributed by atoms with Gasteiger partial charge in [-0.3, -0.25) is 19.0 Å². The van der Waals surface area contributed by atoms with Crippen molar-refractivity contribution >= 4 is 47.1 Å². The molecule has 0 spiro atoms. The largest absolute Gasteiger partial charge is 0.451 e. The highest BCUT2D eigenvalue weighted by atomic mass is 35.5. The maximum atomic E-state index is 14.4. The van der Waals surface area contributed by atoms with Crippen LogP contribution in [0.1, 0.15) is 76.7 Å².